The van der Waals surface area contributed by atoms with Gasteiger partial charge in [-0.2, -0.15) is 5.26 Å². The Labute approximate surface area is 177 Å². The summed E-state index contributed by atoms with van der Waals surface area (Å²) in [6.07, 6.45) is 8.05. The lowest BCUT2D eigenvalue weighted by Gasteiger charge is -2.33. The van der Waals surface area contributed by atoms with Gasteiger partial charge in [0.1, 0.15) is 0 Å². The zero-order chi connectivity index (χ0) is 20.1. The molecule has 3 aromatic rings. The van der Waals surface area contributed by atoms with Gasteiger partial charge in [-0.3, -0.25) is 0 Å². The third kappa shape index (κ3) is 4.87. The molecule has 1 unspecified atom stereocenters. The first kappa shape index (κ1) is 19.7. The lowest BCUT2D eigenvalue weighted by molar-refractivity contribution is 0.254. The Balaban J connectivity index is 1.62. The van der Waals surface area contributed by atoms with Crippen molar-refractivity contribution in [3.63, 3.8) is 0 Å². The summed E-state index contributed by atoms with van der Waals surface area (Å²) in [5.74, 6) is 0.601. The molecule has 1 aliphatic rings. The first-order valence-corrected chi connectivity index (χ1v) is 10.6. The molecule has 0 saturated carbocycles. The van der Waals surface area contributed by atoms with Crippen molar-refractivity contribution in [1.29, 1.82) is 5.26 Å². The summed E-state index contributed by atoms with van der Waals surface area (Å²) in [4.78, 5) is 4.50. The van der Waals surface area contributed by atoms with Crippen LogP contribution in [0.3, 0.4) is 0 Å². The summed E-state index contributed by atoms with van der Waals surface area (Å²) in [6, 6.07) is 18.6. The van der Waals surface area contributed by atoms with Crippen molar-refractivity contribution in [2.75, 3.05) is 13.1 Å². The Morgan fingerprint density at radius 2 is 1.93 bits per heavy atom. The standard InChI is InChI=1S/C24H25ClN4/c25-22-3-1-2-20(12-22)14-24(21-8-10-27-11-9-21)29-17-28-16-23(29)13-18-4-6-19(15-26)7-5-18/h1-7,12,16-17,21,24,27H,8-11,13-14H2. The van der Waals surface area contributed by atoms with E-state index < -0.39 is 0 Å². The molecule has 0 spiro atoms. The molecule has 0 aliphatic carbocycles. The Morgan fingerprint density at radius 3 is 2.66 bits per heavy atom. The van der Waals surface area contributed by atoms with Crippen LogP contribution in [0.2, 0.25) is 5.02 Å². The summed E-state index contributed by atoms with van der Waals surface area (Å²) in [5, 5.41) is 13.3. The van der Waals surface area contributed by atoms with Crippen LogP contribution in [-0.4, -0.2) is 22.6 Å². The van der Waals surface area contributed by atoms with Gasteiger partial charge in [-0.25, -0.2) is 4.98 Å². The van der Waals surface area contributed by atoms with Crippen LogP contribution in [0.4, 0.5) is 0 Å². The Kier molecular flexibility index (Phi) is 6.29. The van der Waals surface area contributed by atoms with E-state index >= 15 is 0 Å². The minimum absolute atomic E-state index is 0.353. The molecule has 2 aromatic carbocycles. The smallest absolute Gasteiger partial charge is 0.0991 e. The maximum atomic E-state index is 9.03. The zero-order valence-electron chi connectivity index (χ0n) is 16.4. The van der Waals surface area contributed by atoms with Crippen LogP contribution < -0.4 is 5.32 Å². The van der Waals surface area contributed by atoms with Gasteiger partial charge in [0.25, 0.3) is 0 Å². The molecule has 1 atom stereocenters. The SMILES string of the molecule is N#Cc1ccc(Cc2cncn2C(Cc2cccc(Cl)c2)C2CCNCC2)cc1. The van der Waals surface area contributed by atoms with E-state index in [-0.39, 0.29) is 0 Å². The van der Waals surface area contributed by atoms with Crippen molar-refractivity contribution >= 4 is 11.6 Å². The first-order valence-electron chi connectivity index (χ1n) is 10.2. The van der Waals surface area contributed by atoms with Crippen LogP contribution in [0.5, 0.6) is 0 Å². The summed E-state index contributed by atoms with van der Waals surface area (Å²) in [7, 11) is 0. The number of halogens is 1. The largest absolute Gasteiger partial charge is 0.331 e. The number of nitriles is 1. The maximum absolute atomic E-state index is 9.03. The van der Waals surface area contributed by atoms with Crippen molar-refractivity contribution < 1.29 is 0 Å². The average molecular weight is 405 g/mol. The van der Waals surface area contributed by atoms with Crippen molar-refractivity contribution in [3.05, 3.63) is 88.5 Å². The highest BCUT2D eigenvalue weighted by Crippen LogP contribution is 2.32. The van der Waals surface area contributed by atoms with Gasteiger partial charge in [0, 0.05) is 29.4 Å². The molecule has 0 amide bonds. The van der Waals surface area contributed by atoms with Gasteiger partial charge < -0.3 is 9.88 Å². The Bertz CT molecular complexity index is 981. The minimum atomic E-state index is 0.353. The molecule has 1 fully saturated rings. The van der Waals surface area contributed by atoms with E-state index in [0.29, 0.717) is 17.5 Å². The second-order valence-corrected chi connectivity index (χ2v) is 8.20. The number of piperidine rings is 1. The quantitative estimate of drug-likeness (QED) is 0.643. The number of aromatic nitrogens is 2. The topological polar surface area (TPSA) is 53.6 Å². The van der Waals surface area contributed by atoms with Crippen LogP contribution in [0.25, 0.3) is 0 Å². The molecule has 1 saturated heterocycles. The predicted molar refractivity (Wildman–Crippen MR) is 116 cm³/mol. The highest BCUT2D eigenvalue weighted by molar-refractivity contribution is 6.30. The summed E-state index contributed by atoms with van der Waals surface area (Å²) >= 11 is 6.25. The number of hydrogen-bond donors (Lipinski definition) is 1. The number of rotatable bonds is 6. The summed E-state index contributed by atoms with van der Waals surface area (Å²) < 4.78 is 2.37. The lowest BCUT2D eigenvalue weighted by atomic mass is 9.86. The van der Waals surface area contributed by atoms with Crippen LogP contribution in [0.1, 0.15) is 41.3 Å². The minimum Gasteiger partial charge on any atom is -0.331 e. The molecule has 148 valence electrons. The molecule has 0 radical (unpaired) electrons. The normalized spacial score (nSPS) is 15.7. The molecular formula is C24H25ClN4. The predicted octanol–water partition coefficient (Wildman–Crippen LogP) is 4.78. The molecule has 4 nitrogen and oxygen atoms in total. The molecule has 0 bridgehead atoms. The second kappa shape index (κ2) is 9.26. The van der Waals surface area contributed by atoms with E-state index in [4.69, 9.17) is 16.9 Å². The molecule has 2 heterocycles. The molecule has 4 rings (SSSR count). The van der Waals surface area contributed by atoms with Gasteiger partial charge in [-0.15, -0.1) is 0 Å². The number of hydrogen-bond acceptors (Lipinski definition) is 3. The monoisotopic (exact) mass is 404 g/mol. The molecule has 29 heavy (non-hydrogen) atoms. The lowest BCUT2D eigenvalue weighted by Crippen LogP contribution is -2.34. The van der Waals surface area contributed by atoms with Crippen LogP contribution in [-0.2, 0) is 12.8 Å². The fourth-order valence-corrected chi connectivity index (χ4v) is 4.51. The van der Waals surface area contributed by atoms with E-state index in [9.17, 15) is 0 Å². The van der Waals surface area contributed by atoms with Gasteiger partial charge in [0.05, 0.1) is 18.0 Å². The Morgan fingerprint density at radius 1 is 1.14 bits per heavy atom. The van der Waals surface area contributed by atoms with Crippen LogP contribution in [0.15, 0.2) is 61.1 Å². The molecule has 1 N–H and O–H groups in total. The second-order valence-electron chi connectivity index (χ2n) is 7.77. The molecule has 1 aromatic heterocycles. The number of nitrogens with one attached hydrogen (secondary N) is 1. The molecular weight excluding hydrogens is 380 g/mol. The van der Waals surface area contributed by atoms with Crippen molar-refractivity contribution in [3.8, 4) is 6.07 Å². The number of benzene rings is 2. The number of nitrogens with zero attached hydrogens (tertiary/aromatic N) is 3. The average Bonchev–Trinajstić information content (AvgIpc) is 3.21. The van der Waals surface area contributed by atoms with Crippen molar-refractivity contribution in [2.45, 2.75) is 31.7 Å². The third-order valence-corrected chi connectivity index (χ3v) is 6.07. The highest BCUT2D eigenvalue weighted by atomic mass is 35.5. The highest BCUT2D eigenvalue weighted by Gasteiger charge is 2.26. The Hall–Kier alpha value is -2.61. The van der Waals surface area contributed by atoms with Crippen molar-refractivity contribution in [1.82, 2.24) is 14.9 Å². The van der Waals surface area contributed by atoms with Gasteiger partial charge in [0.2, 0.25) is 0 Å². The van der Waals surface area contributed by atoms with Gasteiger partial charge in [-0.1, -0.05) is 35.9 Å². The fourth-order valence-electron chi connectivity index (χ4n) is 4.30. The first-order chi connectivity index (χ1) is 14.2. The van der Waals surface area contributed by atoms with E-state index in [0.717, 1.165) is 31.0 Å². The van der Waals surface area contributed by atoms with E-state index in [1.807, 2.05) is 48.9 Å². The fraction of sp³-hybridized carbons (Fsp3) is 0.333. The summed E-state index contributed by atoms with van der Waals surface area (Å²) in [5.41, 5.74) is 4.35. The number of imidazole rings is 1. The molecule has 5 heteroatoms. The third-order valence-electron chi connectivity index (χ3n) is 5.83. The zero-order valence-corrected chi connectivity index (χ0v) is 17.1. The maximum Gasteiger partial charge on any atom is 0.0991 e. The van der Waals surface area contributed by atoms with Crippen LogP contribution in [0, 0.1) is 17.2 Å². The van der Waals surface area contributed by atoms with Gasteiger partial charge in [0.15, 0.2) is 0 Å². The van der Waals surface area contributed by atoms with Crippen LogP contribution >= 0.6 is 11.6 Å². The molecule has 1 aliphatic heterocycles. The van der Waals surface area contributed by atoms with Gasteiger partial charge in [-0.05, 0) is 73.7 Å². The van der Waals surface area contributed by atoms with Crippen molar-refractivity contribution in [2.24, 2.45) is 5.92 Å². The van der Waals surface area contributed by atoms with E-state index in [2.05, 4.69) is 33.1 Å². The summed E-state index contributed by atoms with van der Waals surface area (Å²) in [6.45, 7) is 2.13. The van der Waals surface area contributed by atoms with Gasteiger partial charge >= 0.3 is 0 Å². The van der Waals surface area contributed by atoms with E-state index in [1.165, 1.54) is 29.7 Å². The van der Waals surface area contributed by atoms with E-state index in [1.54, 1.807) is 0 Å².